The molecule has 1 rings (SSSR count). The van der Waals surface area contributed by atoms with Crippen molar-refractivity contribution in [3.63, 3.8) is 0 Å². The molecule has 3 nitrogen and oxygen atoms in total. The summed E-state index contributed by atoms with van der Waals surface area (Å²) in [4.78, 5) is 0. The Kier molecular flexibility index (Phi) is 3.07. The summed E-state index contributed by atoms with van der Waals surface area (Å²) in [6.45, 7) is 2.45. The van der Waals surface area contributed by atoms with Crippen LogP contribution in [0.1, 0.15) is 26.2 Å². The maximum Gasteiger partial charge on any atom is 0.154 e. The Morgan fingerprint density at radius 2 is 2.33 bits per heavy atom. The molecule has 0 radical (unpaired) electrons. The van der Waals surface area contributed by atoms with Crippen molar-refractivity contribution < 1.29 is 9.84 Å². The van der Waals surface area contributed by atoms with Gasteiger partial charge in [0.1, 0.15) is 0 Å². The molecule has 0 saturated heterocycles. The summed E-state index contributed by atoms with van der Waals surface area (Å²) in [5, 5.41) is 17.4. The molecule has 0 spiro atoms. The van der Waals surface area contributed by atoms with Crippen molar-refractivity contribution in [1.82, 2.24) is 0 Å². The Balaban J connectivity index is 2.29. The quantitative estimate of drug-likeness (QED) is 0.626. The predicted molar refractivity (Wildman–Crippen MR) is 44.4 cm³/mol. The molecule has 0 aromatic heterocycles. The molecule has 0 bridgehead atoms. The summed E-state index contributed by atoms with van der Waals surface area (Å²) in [6.07, 6.45) is 2.82. The van der Waals surface area contributed by atoms with Crippen LogP contribution in [-0.2, 0) is 4.74 Å². The van der Waals surface area contributed by atoms with Crippen LogP contribution in [0.25, 0.3) is 0 Å². The third kappa shape index (κ3) is 2.20. The average molecular weight is 169 g/mol. The second-order valence-electron chi connectivity index (χ2n) is 3.42. The fourth-order valence-corrected chi connectivity index (χ4v) is 1.22. The topological polar surface area (TPSA) is 53.2 Å². The summed E-state index contributed by atoms with van der Waals surface area (Å²) in [6, 6.07) is 2.20. The van der Waals surface area contributed by atoms with Crippen molar-refractivity contribution >= 4 is 0 Å². The summed E-state index contributed by atoms with van der Waals surface area (Å²) < 4.78 is 5.42. The largest absolute Gasteiger partial charge is 0.396 e. The SMILES string of the molecule is CC(C#N)(OCCCO)C1CC1. The van der Waals surface area contributed by atoms with E-state index in [1.54, 1.807) is 0 Å². The lowest BCUT2D eigenvalue weighted by Gasteiger charge is -2.21. The summed E-state index contributed by atoms with van der Waals surface area (Å²) in [7, 11) is 0. The van der Waals surface area contributed by atoms with Gasteiger partial charge < -0.3 is 9.84 Å². The molecule has 1 aliphatic carbocycles. The van der Waals surface area contributed by atoms with E-state index in [9.17, 15) is 0 Å². The fourth-order valence-electron chi connectivity index (χ4n) is 1.22. The zero-order valence-corrected chi connectivity index (χ0v) is 7.42. The molecule has 1 atom stereocenters. The van der Waals surface area contributed by atoms with Gasteiger partial charge in [0, 0.05) is 12.5 Å². The number of rotatable bonds is 5. The Bertz CT molecular complexity index is 183. The number of aliphatic hydroxyl groups is 1. The molecule has 1 saturated carbocycles. The molecule has 1 N–H and O–H groups in total. The van der Waals surface area contributed by atoms with Crippen LogP contribution in [0.3, 0.4) is 0 Å². The van der Waals surface area contributed by atoms with Gasteiger partial charge in [0.15, 0.2) is 5.60 Å². The molecular weight excluding hydrogens is 154 g/mol. The highest BCUT2D eigenvalue weighted by molar-refractivity contribution is 5.07. The first kappa shape index (κ1) is 9.50. The molecular formula is C9H15NO2. The number of hydrogen-bond acceptors (Lipinski definition) is 3. The van der Waals surface area contributed by atoms with E-state index in [1.807, 2.05) is 6.92 Å². The van der Waals surface area contributed by atoms with E-state index < -0.39 is 5.60 Å². The lowest BCUT2D eigenvalue weighted by molar-refractivity contribution is -0.0105. The van der Waals surface area contributed by atoms with Crippen LogP contribution < -0.4 is 0 Å². The van der Waals surface area contributed by atoms with E-state index in [0.717, 1.165) is 12.8 Å². The second-order valence-corrected chi connectivity index (χ2v) is 3.42. The zero-order chi connectivity index (χ0) is 9.03. The zero-order valence-electron chi connectivity index (χ0n) is 7.42. The molecule has 0 amide bonds. The van der Waals surface area contributed by atoms with Crippen molar-refractivity contribution in [2.45, 2.75) is 31.8 Å². The van der Waals surface area contributed by atoms with Crippen LogP contribution in [0.2, 0.25) is 0 Å². The molecule has 0 aromatic carbocycles. The van der Waals surface area contributed by atoms with Gasteiger partial charge in [-0.25, -0.2) is 0 Å². The van der Waals surface area contributed by atoms with Crippen LogP contribution in [-0.4, -0.2) is 23.9 Å². The molecule has 12 heavy (non-hydrogen) atoms. The Morgan fingerprint density at radius 3 is 2.75 bits per heavy atom. The van der Waals surface area contributed by atoms with E-state index in [-0.39, 0.29) is 6.61 Å². The van der Waals surface area contributed by atoms with Crippen molar-refractivity contribution in [1.29, 1.82) is 5.26 Å². The standard InChI is InChI=1S/C9H15NO2/c1-9(7-10,8-3-4-8)12-6-2-5-11/h8,11H,2-6H2,1H3. The first-order valence-electron chi connectivity index (χ1n) is 4.39. The maximum atomic E-state index is 8.86. The van der Waals surface area contributed by atoms with Gasteiger partial charge in [0.25, 0.3) is 0 Å². The normalized spacial score (nSPS) is 21.4. The summed E-state index contributed by atoms with van der Waals surface area (Å²) in [5.41, 5.74) is -0.602. The van der Waals surface area contributed by atoms with Crippen molar-refractivity contribution in [2.75, 3.05) is 13.2 Å². The van der Waals surface area contributed by atoms with Gasteiger partial charge in [0.05, 0.1) is 12.7 Å². The molecule has 0 aliphatic heterocycles. The third-order valence-electron chi connectivity index (χ3n) is 2.28. The molecule has 0 heterocycles. The number of nitrogens with zero attached hydrogens (tertiary/aromatic N) is 1. The Hall–Kier alpha value is -0.590. The molecule has 0 aromatic rings. The molecule has 1 unspecified atom stereocenters. The first-order valence-corrected chi connectivity index (χ1v) is 4.39. The van der Waals surface area contributed by atoms with Gasteiger partial charge >= 0.3 is 0 Å². The van der Waals surface area contributed by atoms with Crippen LogP contribution in [0.5, 0.6) is 0 Å². The van der Waals surface area contributed by atoms with Crippen molar-refractivity contribution in [3.05, 3.63) is 0 Å². The van der Waals surface area contributed by atoms with Crippen LogP contribution in [0, 0.1) is 17.2 Å². The molecule has 3 heteroatoms. The minimum Gasteiger partial charge on any atom is -0.396 e. The van der Waals surface area contributed by atoms with Crippen molar-refractivity contribution in [3.8, 4) is 6.07 Å². The number of ether oxygens (including phenoxy) is 1. The van der Waals surface area contributed by atoms with E-state index >= 15 is 0 Å². The summed E-state index contributed by atoms with van der Waals surface area (Å²) in [5.74, 6) is 0.418. The highest BCUT2D eigenvalue weighted by Crippen LogP contribution is 2.41. The number of aliphatic hydroxyl groups excluding tert-OH is 1. The third-order valence-corrected chi connectivity index (χ3v) is 2.28. The monoisotopic (exact) mass is 169 g/mol. The smallest absolute Gasteiger partial charge is 0.154 e. The number of hydrogen-bond donors (Lipinski definition) is 1. The van der Waals surface area contributed by atoms with Crippen LogP contribution in [0.15, 0.2) is 0 Å². The van der Waals surface area contributed by atoms with E-state index in [1.165, 1.54) is 0 Å². The Labute approximate surface area is 73.0 Å². The lowest BCUT2D eigenvalue weighted by Crippen LogP contribution is -2.29. The number of nitriles is 1. The second kappa shape index (κ2) is 3.88. The molecule has 68 valence electrons. The summed E-state index contributed by atoms with van der Waals surface area (Å²) >= 11 is 0. The van der Waals surface area contributed by atoms with Gasteiger partial charge in [-0.3, -0.25) is 0 Å². The highest BCUT2D eigenvalue weighted by Gasteiger charge is 2.42. The minimum atomic E-state index is -0.602. The minimum absolute atomic E-state index is 0.131. The van der Waals surface area contributed by atoms with E-state index in [2.05, 4.69) is 6.07 Å². The fraction of sp³-hybridized carbons (Fsp3) is 0.889. The van der Waals surface area contributed by atoms with Crippen LogP contribution in [0.4, 0.5) is 0 Å². The Morgan fingerprint density at radius 1 is 1.67 bits per heavy atom. The van der Waals surface area contributed by atoms with Gasteiger partial charge in [-0.15, -0.1) is 0 Å². The van der Waals surface area contributed by atoms with Gasteiger partial charge in [-0.2, -0.15) is 5.26 Å². The lowest BCUT2D eigenvalue weighted by atomic mass is 10.0. The maximum absolute atomic E-state index is 8.86. The first-order chi connectivity index (χ1) is 5.73. The average Bonchev–Trinajstić information content (AvgIpc) is 2.87. The van der Waals surface area contributed by atoms with Crippen LogP contribution >= 0.6 is 0 Å². The van der Waals surface area contributed by atoms with Gasteiger partial charge in [0.2, 0.25) is 0 Å². The predicted octanol–water partition coefficient (Wildman–Crippen LogP) is 1.08. The molecule has 1 aliphatic rings. The van der Waals surface area contributed by atoms with E-state index in [0.29, 0.717) is 18.9 Å². The van der Waals surface area contributed by atoms with Crippen molar-refractivity contribution in [2.24, 2.45) is 5.92 Å². The van der Waals surface area contributed by atoms with Gasteiger partial charge in [-0.1, -0.05) is 0 Å². The van der Waals surface area contributed by atoms with E-state index in [4.69, 9.17) is 15.1 Å². The molecule has 1 fully saturated rings. The van der Waals surface area contributed by atoms with Gasteiger partial charge in [-0.05, 0) is 26.2 Å². The highest BCUT2D eigenvalue weighted by atomic mass is 16.5.